The number of aromatic nitrogens is 1. The van der Waals surface area contributed by atoms with Crippen molar-refractivity contribution in [3.05, 3.63) is 35.5 Å². The van der Waals surface area contributed by atoms with E-state index in [2.05, 4.69) is 10.5 Å². The zero-order valence-electron chi connectivity index (χ0n) is 9.10. The van der Waals surface area contributed by atoms with E-state index >= 15 is 0 Å². The number of carbonyl (C=O) groups excluding carboxylic acids is 1. The van der Waals surface area contributed by atoms with Crippen molar-refractivity contribution in [1.29, 1.82) is 0 Å². The zero-order chi connectivity index (χ0) is 12.4. The predicted octanol–water partition coefficient (Wildman–Crippen LogP) is 1.52. The van der Waals surface area contributed by atoms with Gasteiger partial charge in [-0.25, -0.2) is 0 Å². The highest BCUT2D eigenvalue weighted by molar-refractivity contribution is 6.06. The molecule has 1 amide bonds. The minimum Gasteiger partial charge on any atom is -0.505 e. The molecule has 1 aromatic carbocycles. The molecule has 6 nitrogen and oxygen atoms in total. The molecule has 1 heterocycles. The molecule has 17 heavy (non-hydrogen) atoms. The standard InChI is InChI=1S/C11H11N3O3/c1-6-5-9(17-14-6)13-11(16)7-3-2-4-8(12)10(7)15/h2-5,15H,12H2,1H3,(H,13,16). The molecule has 1 aromatic heterocycles. The van der Waals surface area contributed by atoms with Gasteiger partial charge in [0, 0.05) is 6.07 Å². The van der Waals surface area contributed by atoms with E-state index in [1.54, 1.807) is 19.1 Å². The maximum atomic E-state index is 11.8. The summed E-state index contributed by atoms with van der Waals surface area (Å²) in [7, 11) is 0. The smallest absolute Gasteiger partial charge is 0.261 e. The number of nitrogens with one attached hydrogen (secondary N) is 1. The van der Waals surface area contributed by atoms with Crippen LogP contribution in [0.5, 0.6) is 5.75 Å². The minimum absolute atomic E-state index is 0.0825. The molecule has 0 radical (unpaired) electrons. The summed E-state index contributed by atoms with van der Waals surface area (Å²) in [5, 5.41) is 15.7. The normalized spacial score (nSPS) is 10.2. The number of benzene rings is 1. The summed E-state index contributed by atoms with van der Waals surface area (Å²) in [6, 6.07) is 6.12. The van der Waals surface area contributed by atoms with Gasteiger partial charge in [-0.2, -0.15) is 0 Å². The molecule has 4 N–H and O–H groups in total. The van der Waals surface area contributed by atoms with E-state index in [9.17, 15) is 9.90 Å². The Labute approximate surface area is 97.0 Å². The lowest BCUT2D eigenvalue weighted by Crippen LogP contribution is -2.12. The molecule has 0 saturated carbocycles. The molecule has 0 aliphatic carbocycles. The Morgan fingerprint density at radius 1 is 1.53 bits per heavy atom. The van der Waals surface area contributed by atoms with Crippen molar-refractivity contribution in [3.8, 4) is 5.75 Å². The van der Waals surface area contributed by atoms with E-state index < -0.39 is 5.91 Å². The quantitative estimate of drug-likeness (QED) is 0.539. The van der Waals surface area contributed by atoms with Crippen LogP contribution < -0.4 is 11.1 Å². The molecule has 0 bridgehead atoms. The molecule has 0 atom stereocenters. The molecule has 0 fully saturated rings. The number of rotatable bonds is 2. The van der Waals surface area contributed by atoms with E-state index in [-0.39, 0.29) is 22.9 Å². The molecule has 0 unspecified atom stereocenters. The third-order valence-electron chi connectivity index (χ3n) is 2.18. The van der Waals surface area contributed by atoms with Gasteiger partial charge in [0.15, 0.2) is 5.75 Å². The molecule has 2 aromatic rings. The fourth-order valence-corrected chi connectivity index (χ4v) is 1.35. The van der Waals surface area contributed by atoms with E-state index in [4.69, 9.17) is 10.3 Å². The van der Waals surface area contributed by atoms with Crippen LogP contribution in [0.1, 0.15) is 16.1 Å². The average Bonchev–Trinajstić information content (AvgIpc) is 2.68. The number of anilines is 2. The second-order valence-electron chi connectivity index (χ2n) is 3.53. The van der Waals surface area contributed by atoms with Gasteiger partial charge >= 0.3 is 0 Å². The van der Waals surface area contributed by atoms with Crippen LogP contribution in [0.25, 0.3) is 0 Å². The largest absolute Gasteiger partial charge is 0.505 e. The van der Waals surface area contributed by atoms with Crippen molar-refractivity contribution < 1.29 is 14.4 Å². The van der Waals surface area contributed by atoms with Gasteiger partial charge in [-0.1, -0.05) is 11.2 Å². The Morgan fingerprint density at radius 2 is 2.29 bits per heavy atom. The number of aromatic hydroxyl groups is 1. The van der Waals surface area contributed by atoms with Crippen LogP contribution in [0.4, 0.5) is 11.6 Å². The number of nitrogens with zero attached hydrogens (tertiary/aromatic N) is 1. The van der Waals surface area contributed by atoms with Crippen LogP contribution in [-0.2, 0) is 0 Å². The maximum Gasteiger partial charge on any atom is 0.261 e. The van der Waals surface area contributed by atoms with E-state index in [0.29, 0.717) is 5.69 Å². The number of aryl methyl sites for hydroxylation is 1. The fourth-order valence-electron chi connectivity index (χ4n) is 1.35. The lowest BCUT2D eigenvalue weighted by atomic mass is 10.1. The van der Waals surface area contributed by atoms with Crippen LogP contribution in [-0.4, -0.2) is 16.2 Å². The number of para-hydroxylation sites is 1. The highest BCUT2D eigenvalue weighted by Gasteiger charge is 2.14. The van der Waals surface area contributed by atoms with Gasteiger partial charge in [0.2, 0.25) is 5.88 Å². The third-order valence-corrected chi connectivity index (χ3v) is 2.18. The molecule has 6 heteroatoms. The summed E-state index contributed by atoms with van der Waals surface area (Å²) < 4.78 is 4.83. The number of nitrogen functional groups attached to an aromatic ring is 1. The van der Waals surface area contributed by atoms with Crippen molar-refractivity contribution in [3.63, 3.8) is 0 Å². The molecule has 88 valence electrons. The van der Waals surface area contributed by atoms with Crippen LogP contribution in [0.2, 0.25) is 0 Å². The van der Waals surface area contributed by atoms with Gasteiger partial charge in [0.25, 0.3) is 5.91 Å². The average molecular weight is 233 g/mol. The number of nitrogens with two attached hydrogens (primary N) is 1. The summed E-state index contributed by atoms with van der Waals surface area (Å²) >= 11 is 0. The number of phenols is 1. The Morgan fingerprint density at radius 3 is 2.94 bits per heavy atom. The summed E-state index contributed by atoms with van der Waals surface area (Å²) in [4.78, 5) is 11.8. The second-order valence-corrected chi connectivity index (χ2v) is 3.53. The molecular formula is C11H11N3O3. The lowest BCUT2D eigenvalue weighted by Gasteiger charge is -2.05. The molecule has 0 spiro atoms. The summed E-state index contributed by atoms with van der Waals surface area (Å²) in [5.41, 5.74) is 6.37. The Hall–Kier alpha value is -2.50. The molecule has 0 aliphatic rings. The molecule has 0 saturated heterocycles. The summed E-state index contributed by atoms with van der Waals surface area (Å²) in [6.07, 6.45) is 0. The van der Waals surface area contributed by atoms with Crippen molar-refractivity contribution in [1.82, 2.24) is 5.16 Å². The van der Waals surface area contributed by atoms with Crippen molar-refractivity contribution in [2.75, 3.05) is 11.1 Å². The molecular weight excluding hydrogens is 222 g/mol. The fraction of sp³-hybridized carbons (Fsp3) is 0.0909. The summed E-state index contributed by atoms with van der Waals surface area (Å²) in [5.74, 6) is -0.540. The van der Waals surface area contributed by atoms with Crippen molar-refractivity contribution in [2.45, 2.75) is 6.92 Å². The van der Waals surface area contributed by atoms with Gasteiger partial charge in [-0.3, -0.25) is 10.1 Å². The lowest BCUT2D eigenvalue weighted by molar-refractivity contribution is 0.102. The number of hydrogen-bond acceptors (Lipinski definition) is 5. The maximum absolute atomic E-state index is 11.8. The van der Waals surface area contributed by atoms with Crippen LogP contribution in [0.3, 0.4) is 0 Å². The van der Waals surface area contributed by atoms with E-state index in [0.717, 1.165) is 0 Å². The first-order chi connectivity index (χ1) is 8.08. The first kappa shape index (κ1) is 11.0. The topological polar surface area (TPSA) is 101 Å². The SMILES string of the molecule is Cc1cc(NC(=O)c2cccc(N)c2O)on1. The first-order valence-corrected chi connectivity index (χ1v) is 4.90. The minimum atomic E-state index is -0.508. The number of amides is 1. The van der Waals surface area contributed by atoms with Crippen LogP contribution >= 0.6 is 0 Å². The van der Waals surface area contributed by atoms with Gasteiger partial charge in [0.05, 0.1) is 16.9 Å². The Kier molecular flexibility index (Phi) is 2.70. The Bertz CT molecular complexity index is 563. The first-order valence-electron chi connectivity index (χ1n) is 4.90. The molecule has 2 rings (SSSR count). The number of phenolic OH excluding ortho intramolecular Hbond substituents is 1. The summed E-state index contributed by atoms with van der Waals surface area (Å²) in [6.45, 7) is 1.73. The third kappa shape index (κ3) is 2.20. The van der Waals surface area contributed by atoms with E-state index in [1.807, 2.05) is 0 Å². The Balaban J connectivity index is 2.23. The van der Waals surface area contributed by atoms with E-state index in [1.165, 1.54) is 12.1 Å². The predicted molar refractivity (Wildman–Crippen MR) is 61.7 cm³/mol. The highest BCUT2D eigenvalue weighted by Crippen LogP contribution is 2.25. The monoisotopic (exact) mass is 233 g/mol. The number of carbonyl (C=O) groups is 1. The number of hydrogen-bond donors (Lipinski definition) is 3. The van der Waals surface area contributed by atoms with Gasteiger partial charge in [0.1, 0.15) is 0 Å². The highest BCUT2D eigenvalue weighted by atomic mass is 16.5. The van der Waals surface area contributed by atoms with Crippen LogP contribution in [0.15, 0.2) is 28.8 Å². The van der Waals surface area contributed by atoms with Gasteiger partial charge in [-0.15, -0.1) is 0 Å². The zero-order valence-corrected chi connectivity index (χ0v) is 9.10. The van der Waals surface area contributed by atoms with Gasteiger partial charge < -0.3 is 15.4 Å². The molecule has 0 aliphatic heterocycles. The van der Waals surface area contributed by atoms with Crippen molar-refractivity contribution in [2.24, 2.45) is 0 Å². The van der Waals surface area contributed by atoms with Crippen LogP contribution in [0, 0.1) is 6.92 Å². The van der Waals surface area contributed by atoms with Crippen molar-refractivity contribution >= 4 is 17.5 Å². The van der Waals surface area contributed by atoms with Gasteiger partial charge in [-0.05, 0) is 19.1 Å². The second kappa shape index (κ2) is 4.17.